The molecule has 0 aliphatic rings. The first-order valence-electron chi connectivity index (χ1n) is 12.2. The lowest BCUT2D eigenvalue weighted by atomic mass is 10.0. The van der Waals surface area contributed by atoms with Crippen LogP contribution < -0.4 is 5.32 Å². The number of carbonyl (C=O) groups excluding carboxylic acids is 1. The molecule has 0 saturated heterocycles. The van der Waals surface area contributed by atoms with Gasteiger partial charge in [-0.05, 0) is 47.9 Å². The molecule has 3 N–H and O–H groups in total. The van der Waals surface area contributed by atoms with Crippen molar-refractivity contribution in [3.05, 3.63) is 73.2 Å². The third kappa shape index (κ3) is 4.26. The summed E-state index contributed by atoms with van der Waals surface area (Å²) in [6, 6.07) is 10.8. The van der Waals surface area contributed by atoms with Gasteiger partial charge in [0.1, 0.15) is 11.5 Å². The molecular weight excluding hydrogens is 483 g/mol. The summed E-state index contributed by atoms with van der Waals surface area (Å²) in [4.78, 5) is 32.8. The number of rotatable bonds is 6. The lowest BCUT2D eigenvalue weighted by Gasteiger charge is -2.09. The Bertz CT molecular complexity index is 1790. The number of halogens is 1. The van der Waals surface area contributed by atoms with E-state index < -0.39 is 5.82 Å². The molecule has 0 fully saturated rings. The van der Waals surface area contributed by atoms with Crippen molar-refractivity contribution in [1.82, 2.24) is 35.1 Å². The Morgan fingerprint density at radius 1 is 1.00 bits per heavy atom. The Hall–Kier alpha value is -4.99. The van der Waals surface area contributed by atoms with E-state index in [9.17, 15) is 4.79 Å². The van der Waals surface area contributed by atoms with Crippen LogP contribution in [0.3, 0.4) is 0 Å². The summed E-state index contributed by atoms with van der Waals surface area (Å²) in [6.07, 6.45) is 8.62. The zero-order chi connectivity index (χ0) is 26.2. The summed E-state index contributed by atoms with van der Waals surface area (Å²) < 4.78 is 16.1. The van der Waals surface area contributed by atoms with Gasteiger partial charge in [-0.25, -0.2) is 14.4 Å². The molecule has 1 aromatic carbocycles. The van der Waals surface area contributed by atoms with Gasteiger partial charge in [-0.15, -0.1) is 0 Å². The van der Waals surface area contributed by atoms with Crippen molar-refractivity contribution in [2.75, 3.05) is 5.32 Å². The van der Waals surface area contributed by atoms with Crippen LogP contribution in [-0.2, 0) is 4.79 Å². The molecule has 0 saturated carbocycles. The van der Waals surface area contributed by atoms with Gasteiger partial charge >= 0.3 is 0 Å². The van der Waals surface area contributed by atoms with E-state index in [2.05, 4.69) is 40.4 Å². The van der Waals surface area contributed by atoms with Crippen LogP contribution in [0.15, 0.2) is 67.4 Å². The molecule has 9 nitrogen and oxygen atoms in total. The van der Waals surface area contributed by atoms with Crippen molar-refractivity contribution in [1.29, 1.82) is 0 Å². The maximum Gasteiger partial charge on any atom is 0.224 e. The Balaban J connectivity index is 1.42. The predicted molar refractivity (Wildman–Crippen MR) is 143 cm³/mol. The number of imidazole rings is 1. The van der Waals surface area contributed by atoms with Gasteiger partial charge in [0.2, 0.25) is 5.91 Å². The number of H-pyrrole nitrogens is 2. The number of amides is 1. The standard InChI is InChI=1S/C28H23FN8O/c1-15(2)11-22(38)33-18-12-17(13-31-14-18)19-3-4-21-23(24(19)29)26(37-36-21)28-34-25-20(7-10-32-27(25)35-28)16-5-8-30-9-6-16/h3-10,12-15H,11H2,1-2H3,(H,33,38)(H,36,37)(H,32,34,35). The van der Waals surface area contributed by atoms with Crippen molar-refractivity contribution in [2.45, 2.75) is 20.3 Å². The molecule has 0 aliphatic carbocycles. The lowest BCUT2D eigenvalue weighted by Crippen LogP contribution is -2.14. The topological polar surface area (TPSA) is 125 Å². The first kappa shape index (κ1) is 23.4. The quantitative estimate of drug-likeness (QED) is 0.264. The van der Waals surface area contributed by atoms with Crippen LogP contribution in [0.5, 0.6) is 0 Å². The second kappa shape index (κ2) is 9.47. The van der Waals surface area contributed by atoms with Crippen LogP contribution in [0.2, 0.25) is 0 Å². The monoisotopic (exact) mass is 506 g/mol. The van der Waals surface area contributed by atoms with Gasteiger partial charge in [-0.2, -0.15) is 5.10 Å². The highest BCUT2D eigenvalue weighted by Gasteiger charge is 2.21. The number of fused-ring (bicyclic) bond motifs is 2. The van der Waals surface area contributed by atoms with E-state index in [4.69, 9.17) is 0 Å². The molecular formula is C28H23FN8O. The van der Waals surface area contributed by atoms with Crippen LogP contribution in [0, 0.1) is 11.7 Å². The van der Waals surface area contributed by atoms with Gasteiger partial charge in [0.05, 0.1) is 28.3 Å². The molecule has 38 heavy (non-hydrogen) atoms. The summed E-state index contributed by atoms with van der Waals surface area (Å²) in [5, 5.41) is 10.4. The number of benzene rings is 1. The molecule has 10 heteroatoms. The second-order valence-corrected chi connectivity index (χ2v) is 9.41. The minimum atomic E-state index is -0.471. The number of aromatic nitrogens is 7. The van der Waals surface area contributed by atoms with Gasteiger partial charge in [0.15, 0.2) is 11.5 Å². The molecule has 5 heterocycles. The zero-order valence-electron chi connectivity index (χ0n) is 20.7. The smallest absolute Gasteiger partial charge is 0.224 e. The minimum absolute atomic E-state index is 0.114. The Morgan fingerprint density at radius 3 is 2.66 bits per heavy atom. The van der Waals surface area contributed by atoms with E-state index in [0.717, 1.165) is 16.6 Å². The fourth-order valence-electron chi connectivity index (χ4n) is 4.50. The fraction of sp³-hybridized carbons (Fsp3) is 0.143. The summed E-state index contributed by atoms with van der Waals surface area (Å²) >= 11 is 0. The third-order valence-electron chi connectivity index (χ3n) is 6.20. The minimum Gasteiger partial charge on any atom is -0.335 e. The number of nitrogens with one attached hydrogen (secondary N) is 3. The van der Waals surface area contributed by atoms with E-state index >= 15 is 4.39 Å². The maximum absolute atomic E-state index is 16.1. The average Bonchev–Trinajstić information content (AvgIpc) is 3.54. The van der Waals surface area contributed by atoms with Crippen LogP contribution >= 0.6 is 0 Å². The van der Waals surface area contributed by atoms with E-state index in [1.54, 1.807) is 49.2 Å². The Kier molecular flexibility index (Phi) is 5.83. The molecule has 0 unspecified atom stereocenters. The Morgan fingerprint density at radius 2 is 1.84 bits per heavy atom. The number of carbonyl (C=O) groups is 1. The fourth-order valence-corrected chi connectivity index (χ4v) is 4.50. The normalized spacial score (nSPS) is 11.5. The third-order valence-corrected chi connectivity index (χ3v) is 6.20. The number of hydrogen-bond acceptors (Lipinski definition) is 6. The maximum atomic E-state index is 16.1. The molecule has 5 aromatic heterocycles. The average molecular weight is 507 g/mol. The number of aromatic amines is 2. The van der Waals surface area contributed by atoms with Crippen molar-refractivity contribution in [2.24, 2.45) is 5.92 Å². The summed E-state index contributed by atoms with van der Waals surface area (Å²) in [5.41, 5.74) is 5.31. The van der Waals surface area contributed by atoms with Gasteiger partial charge in [0, 0.05) is 47.9 Å². The highest BCUT2D eigenvalue weighted by Crippen LogP contribution is 2.35. The van der Waals surface area contributed by atoms with Gasteiger partial charge in [0.25, 0.3) is 0 Å². The number of nitrogens with zero attached hydrogens (tertiary/aromatic N) is 5. The van der Waals surface area contributed by atoms with Crippen molar-refractivity contribution >= 4 is 33.7 Å². The van der Waals surface area contributed by atoms with Gasteiger partial charge in [-0.3, -0.25) is 19.9 Å². The molecule has 0 atom stereocenters. The Labute approximate surface area is 216 Å². The first-order chi connectivity index (χ1) is 18.5. The molecule has 6 aromatic rings. The molecule has 0 spiro atoms. The van der Waals surface area contributed by atoms with E-state index in [1.165, 1.54) is 0 Å². The summed E-state index contributed by atoms with van der Waals surface area (Å²) in [6.45, 7) is 3.94. The molecule has 0 bridgehead atoms. The molecule has 188 valence electrons. The summed E-state index contributed by atoms with van der Waals surface area (Å²) in [5.74, 6) is 0.0296. The SMILES string of the molecule is CC(C)CC(=O)Nc1cncc(-c2ccc3[nH]nc(-c4nc5nccc(-c6ccncc6)c5[nH]4)c3c2F)c1. The zero-order valence-corrected chi connectivity index (χ0v) is 20.7. The number of anilines is 1. The molecule has 6 rings (SSSR count). The second-order valence-electron chi connectivity index (χ2n) is 9.41. The number of pyridine rings is 3. The molecule has 1 amide bonds. The lowest BCUT2D eigenvalue weighted by molar-refractivity contribution is -0.116. The van der Waals surface area contributed by atoms with Crippen molar-refractivity contribution in [3.8, 4) is 33.8 Å². The van der Waals surface area contributed by atoms with Crippen LogP contribution in [0.1, 0.15) is 20.3 Å². The van der Waals surface area contributed by atoms with Gasteiger partial charge in [-0.1, -0.05) is 13.8 Å². The molecule has 0 aliphatic heterocycles. The van der Waals surface area contributed by atoms with Crippen molar-refractivity contribution in [3.63, 3.8) is 0 Å². The summed E-state index contributed by atoms with van der Waals surface area (Å²) in [7, 11) is 0. The van der Waals surface area contributed by atoms with E-state index in [0.29, 0.717) is 51.3 Å². The largest absolute Gasteiger partial charge is 0.335 e. The highest BCUT2D eigenvalue weighted by atomic mass is 19.1. The molecule has 0 radical (unpaired) electrons. The first-order valence-corrected chi connectivity index (χ1v) is 12.2. The number of hydrogen-bond donors (Lipinski definition) is 3. The van der Waals surface area contributed by atoms with Crippen molar-refractivity contribution < 1.29 is 9.18 Å². The van der Waals surface area contributed by atoms with E-state index in [1.807, 2.05) is 32.0 Å². The van der Waals surface area contributed by atoms with Crippen LogP contribution in [-0.4, -0.2) is 41.0 Å². The van der Waals surface area contributed by atoms with Gasteiger partial charge < -0.3 is 10.3 Å². The van der Waals surface area contributed by atoms with Crippen LogP contribution in [0.25, 0.3) is 55.8 Å². The predicted octanol–water partition coefficient (Wildman–Crippen LogP) is 5.75. The van der Waals surface area contributed by atoms with Crippen LogP contribution in [0.4, 0.5) is 10.1 Å². The highest BCUT2D eigenvalue weighted by molar-refractivity contribution is 5.98. The van der Waals surface area contributed by atoms with E-state index in [-0.39, 0.29) is 11.8 Å².